The molecule has 1 aromatic heterocycles. The molecule has 3 rings (SSSR count). The van der Waals surface area contributed by atoms with Crippen molar-refractivity contribution in [2.75, 3.05) is 0 Å². The molecule has 7 heteroatoms. The van der Waals surface area contributed by atoms with Crippen molar-refractivity contribution in [1.82, 2.24) is 9.55 Å². The fraction of sp³-hybridized carbons (Fsp3) is 0.0625. The molecule has 2 aromatic carbocycles. The summed E-state index contributed by atoms with van der Waals surface area (Å²) in [4.78, 5) is 4.29. The number of benzene rings is 2. The van der Waals surface area contributed by atoms with E-state index in [1.165, 1.54) is 12.1 Å². The van der Waals surface area contributed by atoms with E-state index in [0.29, 0.717) is 17.0 Å². The minimum atomic E-state index is -4.81. The minimum Gasteiger partial charge on any atom is -0.404 e. The number of ether oxygens (including phenoxy) is 1. The van der Waals surface area contributed by atoms with E-state index >= 15 is 0 Å². The topological polar surface area (TPSA) is 27.1 Å². The molecule has 0 radical (unpaired) electrons. The summed E-state index contributed by atoms with van der Waals surface area (Å²) in [6.07, 6.45) is 0.655. The molecule has 0 saturated carbocycles. The van der Waals surface area contributed by atoms with Crippen molar-refractivity contribution in [2.24, 2.45) is 0 Å². The van der Waals surface area contributed by atoms with Gasteiger partial charge in [0.05, 0.1) is 21.7 Å². The Hall–Kier alpha value is -2.65. The number of hydrogen-bond donors (Lipinski definition) is 0. The van der Waals surface area contributed by atoms with Crippen LogP contribution in [-0.4, -0.2) is 15.9 Å². The lowest BCUT2D eigenvalue weighted by Crippen LogP contribution is -2.17. The Bertz CT molecular complexity index is 925. The van der Waals surface area contributed by atoms with E-state index in [9.17, 15) is 13.2 Å². The zero-order valence-electron chi connectivity index (χ0n) is 11.4. The Morgan fingerprint density at radius 2 is 1.91 bits per heavy atom. The first kappa shape index (κ1) is 15.3. The summed E-state index contributed by atoms with van der Waals surface area (Å²) < 4.78 is 42.4. The Labute approximate surface area is 134 Å². The van der Waals surface area contributed by atoms with Gasteiger partial charge in [-0.1, -0.05) is 23.7 Å². The van der Waals surface area contributed by atoms with Gasteiger partial charge in [0.15, 0.2) is 5.82 Å². The molecule has 0 fully saturated rings. The molecule has 0 aliphatic carbocycles. The van der Waals surface area contributed by atoms with Crippen LogP contribution >= 0.6 is 11.6 Å². The fourth-order valence-electron chi connectivity index (χ4n) is 2.22. The molecule has 0 saturated heterocycles. The van der Waals surface area contributed by atoms with Gasteiger partial charge in [-0.05, 0) is 36.3 Å². The molecule has 0 amide bonds. The molecule has 3 aromatic rings. The van der Waals surface area contributed by atoms with Gasteiger partial charge >= 0.3 is 6.36 Å². The van der Waals surface area contributed by atoms with Crippen molar-refractivity contribution in [1.29, 1.82) is 0 Å². The third kappa shape index (κ3) is 2.96. The van der Waals surface area contributed by atoms with Crippen molar-refractivity contribution in [3.05, 3.63) is 53.3 Å². The molecule has 1 heterocycles. The van der Waals surface area contributed by atoms with E-state index in [2.05, 4.69) is 15.6 Å². The zero-order chi connectivity index (χ0) is 16.6. The molecule has 0 spiro atoms. The lowest BCUT2D eigenvalue weighted by atomic mass is 10.2. The van der Waals surface area contributed by atoms with Gasteiger partial charge in [0.1, 0.15) is 5.75 Å². The van der Waals surface area contributed by atoms with Gasteiger partial charge in [-0.3, -0.25) is 4.57 Å². The lowest BCUT2D eigenvalue weighted by molar-refractivity contribution is -0.274. The summed E-state index contributed by atoms with van der Waals surface area (Å²) in [6, 6.07) is 11.1. The molecule has 3 nitrogen and oxygen atoms in total. The van der Waals surface area contributed by atoms with Gasteiger partial charge in [-0.2, -0.15) is 0 Å². The third-order valence-electron chi connectivity index (χ3n) is 3.09. The summed E-state index contributed by atoms with van der Waals surface area (Å²) in [7, 11) is 0. The van der Waals surface area contributed by atoms with Gasteiger partial charge in [0.2, 0.25) is 0 Å². The monoisotopic (exact) mass is 336 g/mol. The largest absolute Gasteiger partial charge is 0.573 e. The van der Waals surface area contributed by atoms with Crippen LogP contribution in [0.1, 0.15) is 5.82 Å². The molecular formula is C16H8ClF3N2O. The van der Waals surface area contributed by atoms with Crippen LogP contribution in [0.3, 0.4) is 0 Å². The highest BCUT2D eigenvalue weighted by Crippen LogP contribution is 2.33. The predicted molar refractivity (Wildman–Crippen MR) is 80.7 cm³/mol. The van der Waals surface area contributed by atoms with Gasteiger partial charge < -0.3 is 4.74 Å². The number of hydrogen-bond acceptors (Lipinski definition) is 2. The summed E-state index contributed by atoms with van der Waals surface area (Å²) in [5.41, 5.74) is 1.89. The van der Waals surface area contributed by atoms with Crippen LogP contribution in [0.15, 0.2) is 42.5 Å². The Morgan fingerprint density at radius 3 is 2.57 bits per heavy atom. The summed E-state index contributed by atoms with van der Waals surface area (Å²) in [5.74, 6) is 2.30. The number of aromatic nitrogens is 2. The first-order valence-electron chi connectivity index (χ1n) is 6.39. The highest BCUT2D eigenvalue weighted by molar-refractivity contribution is 6.32. The van der Waals surface area contributed by atoms with E-state index < -0.39 is 12.1 Å². The maximum atomic E-state index is 12.3. The van der Waals surface area contributed by atoms with Crippen molar-refractivity contribution >= 4 is 22.6 Å². The van der Waals surface area contributed by atoms with Gasteiger partial charge in [0.25, 0.3) is 0 Å². The first-order chi connectivity index (χ1) is 10.9. The molecule has 0 aliphatic rings. The molecule has 0 N–H and O–H groups in total. The quantitative estimate of drug-likeness (QED) is 0.641. The number of halogens is 4. The van der Waals surface area contributed by atoms with Gasteiger partial charge in [-0.25, -0.2) is 4.98 Å². The highest BCUT2D eigenvalue weighted by Gasteiger charge is 2.32. The van der Waals surface area contributed by atoms with Crippen LogP contribution in [0.5, 0.6) is 5.75 Å². The second-order valence-electron chi connectivity index (χ2n) is 4.57. The Morgan fingerprint density at radius 1 is 1.17 bits per heavy atom. The number of nitrogens with zero attached hydrogens (tertiary/aromatic N) is 2. The number of fused-ring (bicyclic) bond motifs is 1. The lowest BCUT2D eigenvalue weighted by Gasteiger charge is -2.12. The molecule has 0 bridgehead atoms. The van der Waals surface area contributed by atoms with E-state index in [1.807, 2.05) is 12.1 Å². The SMILES string of the molecule is C#Cc1nc2ccccc2n1-c1ccc(OC(F)(F)F)c(Cl)c1. The molecule has 0 atom stereocenters. The maximum Gasteiger partial charge on any atom is 0.573 e. The molecule has 0 unspecified atom stereocenters. The van der Waals surface area contributed by atoms with Crippen molar-refractivity contribution in [3.8, 4) is 23.8 Å². The zero-order valence-corrected chi connectivity index (χ0v) is 12.2. The van der Waals surface area contributed by atoms with Crippen LogP contribution < -0.4 is 4.74 Å². The van der Waals surface area contributed by atoms with Crippen LogP contribution in [0.2, 0.25) is 5.02 Å². The van der Waals surface area contributed by atoms with Crippen molar-refractivity contribution in [2.45, 2.75) is 6.36 Å². The second-order valence-corrected chi connectivity index (χ2v) is 4.97. The van der Waals surface area contributed by atoms with E-state index in [-0.39, 0.29) is 5.02 Å². The van der Waals surface area contributed by atoms with Crippen molar-refractivity contribution in [3.63, 3.8) is 0 Å². The molecule has 0 aliphatic heterocycles. The van der Waals surface area contributed by atoms with E-state index in [1.54, 1.807) is 16.7 Å². The van der Waals surface area contributed by atoms with Crippen LogP contribution in [0.4, 0.5) is 13.2 Å². The molecule has 116 valence electrons. The molecular weight excluding hydrogens is 329 g/mol. The highest BCUT2D eigenvalue weighted by atomic mass is 35.5. The number of para-hydroxylation sites is 2. The van der Waals surface area contributed by atoms with Crippen LogP contribution in [-0.2, 0) is 0 Å². The van der Waals surface area contributed by atoms with Gasteiger partial charge in [-0.15, -0.1) is 19.6 Å². The first-order valence-corrected chi connectivity index (χ1v) is 6.76. The normalized spacial score (nSPS) is 11.4. The fourth-order valence-corrected chi connectivity index (χ4v) is 2.43. The van der Waals surface area contributed by atoms with Crippen LogP contribution in [0, 0.1) is 12.3 Å². The smallest absolute Gasteiger partial charge is 0.404 e. The number of imidazole rings is 1. The Kier molecular flexibility index (Phi) is 3.66. The van der Waals surface area contributed by atoms with E-state index in [0.717, 1.165) is 11.6 Å². The maximum absolute atomic E-state index is 12.3. The number of alkyl halides is 3. The second kappa shape index (κ2) is 5.52. The van der Waals surface area contributed by atoms with Crippen LogP contribution in [0.25, 0.3) is 16.7 Å². The average Bonchev–Trinajstić information content (AvgIpc) is 2.86. The average molecular weight is 337 g/mol. The number of rotatable bonds is 2. The minimum absolute atomic E-state index is 0.180. The summed E-state index contributed by atoms with van der Waals surface area (Å²) in [5, 5.41) is -0.180. The third-order valence-corrected chi connectivity index (χ3v) is 3.38. The van der Waals surface area contributed by atoms with Crippen molar-refractivity contribution < 1.29 is 17.9 Å². The Balaban J connectivity index is 2.13. The van der Waals surface area contributed by atoms with Gasteiger partial charge in [0, 0.05) is 0 Å². The summed E-state index contributed by atoms with van der Waals surface area (Å²) in [6.45, 7) is 0. The summed E-state index contributed by atoms with van der Waals surface area (Å²) >= 11 is 5.89. The molecule has 23 heavy (non-hydrogen) atoms. The van der Waals surface area contributed by atoms with E-state index in [4.69, 9.17) is 18.0 Å². The number of terminal acetylenes is 1. The predicted octanol–water partition coefficient (Wildman–Crippen LogP) is 4.56. The standard InChI is InChI=1S/C16H8ClF3N2O/c1-2-15-21-12-5-3-4-6-13(12)22(15)10-7-8-14(11(17)9-10)23-16(18,19)20/h1,3-9H.